The highest BCUT2D eigenvalue weighted by Gasteiger charge is 2.28. The van der Waals surface area contributed by atoms with E-state index in [-0.39, 0.29) is 0 Å². The van der Waals surface area contributed by atoms with Gasteiger partial charge in [0.05, 0.1) is 6.61 Å². The van der Waals surface area contributed by atoms with Gasteiger partial charge in [-0.05, 0) is 6.07 Å². The quantitative estimate of drug-likeness (QED) is 0.786. The monoisotopic (exact) mass is 291 g/mol. The Balaban J connectivity index is 1.87. The van der Waals surface area contributed by atoms with Crippen molar-refractivity contribution in [1.82, 2.24) is 9.97 Å². The SMILES string of the molecule is IOCC1CN(c2ncccn2)C1. The molecular weight excluding hydrogens is 281 g/mol. The molecule has 0 bridgehead atoms. The molecule has 0 saturated carbocycles. The van der Waals surface area contributed by atoms with E-state index >= 15 is 0 Å². The maximum absolute atomic E-state index is 5.03. The Morgan fingerprint density at radius 3 is 2.77 bits per heavy atom. The lowest BCUT2D eigenvalue weighted by molar-refractivity contribution is 0.275. The van der Waals surface area contributed by atoms with Gasteiger partial charge in [0.1, 0.15) is 23.0 Å². The molecule has 4 nitrogen and oxygen atoms in total. The Bertz CT molecular complexity index is 263. The van der Waals surface area contributed by atoms with E-state index in [1.54, 1.807) is 12.4 Å². The van der Waals surface area contributed by atoms with Gasteiger partial charge in [-0.25, -0.2) is 9.97 Å². The topological polar surface area (TPSA) is 38.2 Å². The lowest BCUT2D eigenvalue weighted by Crippen LogP contribution is -2.49. The second-order valence-corrected chi connectivity index (χ2v) is 3.72. The molecule has 1 aromatic heterocycles. The first kappa shape index (κ1) is 9.14. The normalized spacial score (nSPS) is 17.2. The van der Waals surface area contributed by atoms with Crippen LogP contribution in [0.2, 0.25) is 0 Å². The van der Waals surface area contributed by atoms with Gasteiger partial charge in [0.2, 0.25) is 5.95 Å². The number of anilines is 1. The molecular formula is C8H10IN3O. The lowest BCUT2D eigenvalue weighted by Gasteiger charge is -2.38. The molecule has 0 spiro atoms. The van der Waals surface area contributed by atoms with Gasteiger partial charge in [-0.3, -0.25) is 0 Å². The third-order valence-electron chi connectivity index (χ3n) is 2.09. The molecule has 1 aromatic rings. The molecule has 0 amide bonds. The first-order chi connectivity index (χ1) is 6.40. The molecule has 2 rings (SSSR count). The van der Waals surface area contributed by atoms with Crippen molar-refractivity contribution in [3.05, 3.63) is 18.5 Å². The zero-order chi connectivity index (χ0) is 9.10. The summed E-state index contributed by atoms with van der Waals surface area (Å²) in [5, 5.41) is 0. The van der Waals surface area contributed by atoms with Gasteiger partial charge in [0.25, 0.3) is 0 Å². The number of hydrogen-bond donors (Lipinski definition) is 0. The second-order valence-electron chi connectivity index (χ2n) is 3.10. The van der Waals surface area contributed by atoms with Crippen LogP contribution in [0.3, 0.4) is 0 Å². The summed E-state index contributed by atoms with van der Waals surface area (Å²) >= 11 is 1.93. The number of halogens is 1. The molecule has 0 unspecified atom stereocenters. The van der Waals surface area contributed by atoms with E-state index in [0.717, 1.165) is 25.6 Å². The highest BCUT2D eigenvalue weighted by atomic mass is 127. The Kier molecular flexibility index (Phi) is 2.94. The molecule has 5 heteroatoms. The van der Waals surface area contributed by atoms with Gasteiger partial charge in [0, 0.05) is 31.4 Å². The minimum absolute atomic E-state index is 0.640. The molecule has 0 atom stereocenters. The van der Waals surface area contributed by atoms with E-state index in [4.69, 9.17) is 3.07 Å². The standard InChI is InChI=1S/C8H10IN3O/c9-13-6-7-4-12(5-7)8-10-2-1-3-11-8/h1-3,7H,4-6H2. The Morgan fingerprint density at radius 1 is 1.46 bits per heavy atom. The fourth-order valence-electron chi connectivity index (χ4n) is 1.38. The number of aromatic nitrogens is 2. The van der Waals surface area contributed by atoms with Crippen LogP contribution in [-0.2, 0) is 3.07 Å². The smallest absolute Gasteiger partial charge is 0.225 e. The van der Waals surface area contributed by atoms with E-state index in [0.29, 0.717) is 5.92 Å². The predicted molar refractivity (Wildman–Crippen MR) is 57.7 cm³/mol. The largest absolute Gasteiger partial charge is 0.340 e. The Labute approximate surface area is 91.0 Å². The average Bonchev–Trinajstić information content (AvgIpc) is 2.12. The molecule has 1 saturated heterocycles. The van der Waals surface area contributed by atoms with Crippen LogP contribution in [0, 0.1) is 5.92 Å². The maximum atomic E-state index is 5.03. The lowest BCUT2D eigenvalue weighted by atomic mass is 10.0. The fraction of sp³-hybridized carbons (Fsp3) is 0.500. The zero-order valence-corrected chi connectivity index (χ0v) is 9.22. The average molecular weight is 291 g/mol. The van der Waals surface area contributed by atoms with Crippen LogP contribution in [0.1, 0.15) is 0 Å². The van der Waals surface area contributed by atoms with Crippen molar-refractivity contribution in [3.8, 4) is 0 Å². The molecule has 13 heavy (non-hydrogen) atoms. The summed E-state index contributed by atoms with van der Waals surface area (Å²) in [6.07, 6.45) is 3.54. The van der Waals surface area contributed by atoms with Gasteiger partial charge >= 0.3 is 0 Å². The minimum Gasteiger partial charge on any atom is -0.340 e. The van der Waals surface area contributed by atoms with E-state index in [2.05, 4.69) is 14.9 Å². The fourth-order valence-corrected chi connectivity index (χ4v) is 1.89. The summed E-state index contributed by atoms with van der Waals surface area (Å²) in [6, 6.07) is 1.83. The molecule has 70 valence electrons. The third-order valence-corrected chi connectivity index (χ3v) is 2.45. The molecule has 1 aliphatic heterocycles. The van der Waals surface area contributed by atoms with Crippen molar-refractivity contribution >= 4 is 29.0 Å². The van der Waals surface area contributed by atoms with Gasteiger partial charge in [-0.15, -0.1) is 0 Å². The van der Waals surface area contributed by atoms with Crippen molar-refractivity contribution in [2.24, 2.45) is 5.92 Å². The summed E-state index contributed by atoms with van der Waals surface area (Å²) in [6.45, 7) is 2.84. The molecule has 2 heterocycles. The third kappa shape index (κ3) is 2.08. The second kappa shape index (κ2) is 4.19. The van der Waals surface area contributed by atoms with Crippen molar-refractivity contribution in [1.29, 1.82) is 0 Å². The van der Waals surface area contributed by atoms with Crippen molar-refractivity contribution in [2.45, 2.75) is 0 Å². The molecule has 0 N–H and O–H groups in total. The first-order valence-electron chi connectivity index (χ1n) is 4.15. The van der Waals surface area contributed by atoms with Crippen LogP contribution in [-0.4, -0.2) is 29.7 Å². The summed E-state index contributed by atoms with van der Waals surface area (Å²) in [7, 11) is 0. The molecule has 0 aromatic carbocycles. The summed E-state index contributed by atoms with van der Waals surface area (Å²) < 4.78 is 5.03. The van der Waals surface area contributed by atoms with Gasteiger partial charge in [-0.2, -0.15) is 0 Å². The summed E-state index contributed by atoms with van der Waals surface area (Å²) in [5.41, 5.74) is 0. The van der Waals surface area contributed by atoms with Gasteiger partial charge in [0.15, 0.2) is 0 Å². The van der Waals surface area contributed by atoms with Crippen LogP contribution in [0.15, 0.2) is 18.5 Å². The maximum Gasteiger partial charge on any atom is 0.225 e. The summed E-state index contributed by atoms with van der Waals surface area (Å²) in [4.78, 5) is 10.5. The van der Waals surface area contributed by atoms with Crippen molar-refractivity contribution < 1.29 is 3.07 Å². The van der Waals surface area contributed by atoms with Crippen LogP contribution < -0.4 is 4.90 Å². The molecule has 0 radical (unpaired) electrons. The highest BCUT2D eigenvalue weighted by Crippen LogP contribution is 2.20. The number of hydrogen-bond acceptors (Lipinski definition) is 4. The van der Waals surface area contributed by atoms with Gasteiger partial charge in [-0.1, -0.05) is 0 Å². The Hall–Kier alpha value is -0.430. The molecule has 1 fully saturated rings. The van der Waals surface area contributed by atoms with E-state index in [9.17, 15) is 0 Å². The summed E-state index contributed by atoms with van der Waals surface area (Å²) in [5.74, 6) is 1.47. The number of rotatable bonds is 3. The minimum atomic E-state index is 0.640. The van der Waals surface area contributed by atoms with Crippen molar-refractivity contribution in [2.75, 3.05) is 24.6 Å². The van der Waals surface area contributed by atoms with Crippen LogP contribution in [0.25, 0.3) is 0 Å². The van der Waals surface area contributed by atoms with Crippen LogP contribution in [0.4, 0.5) is 5.95 Å². The van der Waals surface area contributed by atoms with Crippen molar-refractivity contribution in [3.63, 3.8) is 0 Å². The first-order valence-corrected chi connectivity index (χ1v) is 5.03. The van der Waals surface area contributed by atoms with Crippen LogP contribution >= 0.6 is 23.0 Å². The van der Waals surface area contributed by atoms with Gasteiger partial charge < -0.3 is 7.97 Å². The highest BCUT2D eigenvalue weighted by molar-refractivity contribution is 14.1. The number of nitrogens with zero attached hydrogens (tertiary/aromatic N) is 3. The van der Waals surface area contributed by atoms with E-state index in [1.165, 1.54) is 0 Å². The van der Waals surface area contributed by atoms with E-state index in [1.807, 2.05) is 29.1 Å². The van der Waals surface area contributed by atoms with Crippen LogP contribution in [0.5, 0.6) is 0 Å². The molecule has 1 aliphatic rings. The Morgan fingerprint density at radius 2 is 2.15 bits per heavy atom. The zero-order valence-electron chi connectivity index (χ0n) is 7.06. The predicted octanol–water partition coefficient (Wildman–Crippen LogP) is 1.28. The molecule has 0 aliphatic carbocycles. The van der Waals surface area contributed by atoms with E-state index < -0.39 is 0 Å².